The average Bonchev–Trinajstić information content (AvgIpc) is 3.25. The van der Waals surface area contributed by atoms with Gasteiger partial charge in [-0.3, -0.25) is 24.1 Å². The smallest absolute Gasteiger partial charge is 0.270 e. The second-order valence-electron chi connectivity index (χ2n) is 8.00. The zero-order chi connectivity index (χ0) is 23.4. The molecule has 0 aliphatic heterocycles. The minimum absolute atomic E-state index is 0.0439. The van der Waals surface area contributed by atoms with Crippen LogP contribution in [0.5, 0.6) is 0 Å². The number of hydrogen-bond acceptors (Lipinski definition) is 5. The molecule has 0 saturated heterocycles. The van der Waals surface area contributed by atoms with E-state index in [-0.39, 0.29) is 17.0 Å². The summed E-state index contributed by atoms with van der Waals surface area (Å²) >= 11 is 0. The first-order valence-electron chi connectivity index (χ1n) is 10.6. The van der Waals surface area contributed by atoms with Gasteiger partial charge in [-0.25, -0.2) is 4.98 Å². The number of allylic oxidation sites excluding steroid dienone is 1. The maximum atomic E-state index is 13.4. The number of nitro benzene ring substituents is 1. The summed E-state index contributed by atoms with van der Waals surface area (Å²) in [4.78, 5) is 41.8. The molecule has 0 aliphatic rings. The summed E-state index contributed by atoms with van der Waals surface area (Å²) in [6.45, 7) is 0. The summed E-state index contributed by atoms with van der Waals surface area (Å²) in [7, 11) is 0. The lowest BCUT2D eigenvalue weighted by molar-refractivity contribution is -0.384. The number of carbonyl (C=O) groups excluding carboxylic acids is 1. The lowest BCUT2D eigenvalue weighted by atomic mass is 9.95. The number of benzene rings is 4. The number of fused-ring (bicyclic) bond motifs is 4. The van der Waals surface area contributed by atoms with Gasteiger partial charge < -0.3 is 0 Å². The van der Waals surface area contributed by atoms with Crippen LogP contribution in [0.1, 0.15) is 15.9 Å². The molecule has 0 amide bonds. The molecule has 0 unspecified atom stereocenters. The van der Waals surface area contributed by atoms with E-state index in [2.05, 4.69) is 4.98 Å². The summed E-state index contributed by atoms with van der Waals surface area (Å²) in [5, 5.41) is 13.7. The molecular formula is C27H15N3O4. The number of imidazole rings is 1. The molecule has 34 heavy (non-hydrogen) atoms. The first-order chi connectivity index (χ1) is 16.5. The van der Waals surface area contributed by atoms with Gasteiger partial charge in [-0.1, -0.05) is 48.5 Å². The van der Waals surface area contributed by atoms with E-state index in [0.29, 0.717) is 32.9 Å². The minimum atomic E-state index is -0.476. The van der Waals surface area contributed by atoms with Crippen LogP contribution >= 0.6 is 0 Å². The Morgan fingerprint density at radius 3 is 2.56 bits per heavy atom. The van der Waals surface area contributed by atoms with Gasteiger partial charge in [-0.15, -0.1) is 0 Å². The van der Waals surface area contributed by atoms with Gasteiger partial charge in [0.15, 0.2) is 5.78 Å². The number of ketones is 1. The van der Waals surface area contributed by atoms with Crippen molar-refractivity contribution in [3.05, 3.63) is 117 Å². The highest BCUT2D eigenvalue weighted by Crippen LogP contribution is 2.32. The summed E-state index contributed by atoms with van der Waals surface area (Å²) < 4.78 is 1.62. The molecule has 162 valence electrons. The number of hydrogen-bond donors (Lipinski definition) is 0. The maximum absolute atomic E-state index is 13.4. The molecule has 2 heterocycles. The van der Waals surface area contributed by atoms with Gasteiger partial charge in [-0.2, -0.15) is 0 Å². The van der Waals surface area contributed by atoms with Crippen LogP contribution in [0.25, 0.3) is 44.3 Å². The fraction of sp³-hybridized carbons (Fsp3) is 0. The number of non-ortho nitro benzene ring substituents is 1. The lowest BCUT2D eigenvalue weighted by Crippen LogP contribution is -2.13. The third kappa shape index (κ3) is 2.87. The SMILES string of the molecule is O=C(C=Cc1cccc([N+](=O)[O-])c1)c1ccc2c(=O)n3c4ccccc4nc3c3cccc1c23. The number of aromatic nitrogens is 2. The Hall–Kier alpha value is -4.91. The van der Waals surface area contributed by atoms with Crippen molar-refractivity contribution in [1.29, 1.82) is 0 Å². The van der Waals surface area contributed by atoms with E-state index in [1.807, 2.05) is 42.5 Å². The fourth-order valence-corrected chi connectivity index (χ4v) is 4.52. The molecule has 6 rings (SSSR count). The Balaban J connectivity index is 1.54. The highest BCUT2D eigenvalue weighted by Gasteiger charge is 2.18. The van der Waals surface area contributed by atoms with Crippen molar-refractivity contribution < 1.29 is 9.72 Å². The monoisotopic (exact) mass is 445 g/mol. The predicted molar refractivity (Wildman–Crippen MR) is 132 cm³/mol. The van der Waals surface area contributed by atoms with E-state index >= 15 is 0 Å². The first-order valence-corrected chi connectivity index (χ1v) is 10.6. The molecule has 0 saturated carbocycles. The first kappa shape index (κ1) is 19.8. The molecule has 0 spiro atoms. The van der Waals surface area contributed by atoms with Gasteiger partial charge in [-0.05, 0) is 41.3 Å². The standard InChI is InChI=1S/C27H15N3O4/c31-24(14-11-16-5-3-6-17(15-16)30(33)34)18-12-13-21-25-19(18)7-4-8-20(25)26-28-22-9-1-2-10-23(22)29(26)27(21)32/h1-15H. The fourth-order valence-electron chi connectivity index (χ4n) is 4.52. The van der Waals surface area contributed by atoms with Crippen molar-refractivity contribution in [2.45, 2.75) is 0 Å². The predicted octanol–water partition coefficient (Wildman–Crippen LogP) is 5.40. The number of para-hydroxylation sites is 2. The van der Waals surface area contributed by atoms with E-state index in [4.69, 9.17) is 0 Å². The average molecular weight is 445 g/mol. The van der Waals surface area contributed by atoms with Crippen molar-refractivity contribution in [1.82, 2.24) is 9.38 Å². The van der Waals surface area contributed by atoms with Crippen LogP contribution in [0.4, 0.5) is 5.69 Å². The van der Waals surface area contributed by atoms with Crippen molar-refractivity contribution in [2.75, 3.05) is 0 Å². The van der Waals surface area contributed by atoms with Gasteiger partial charge in [0.25, 0.3) is 11.2 Å². The summed E-state index contributed by atoms with van der Waals surface area (Å²) in [6, 6.07) is 22.5. The van der Waals surface area contributed by atoms with Crippen molar-refractivity contribution in [3.8, 4) is 0 Å². The third-order valence-corrected chi connectivity index (χ3v) is 6.05. The molecule has 0 fully saturated rings. The number of nitrogens with zero attached hydrogens (tertiary/aromatic N) is 3. The minimum Gasteiger partial charge on any atom is -0.289 e. The Morgan fingerprint density at radius 1 is 0.912 bits per heavy atom. The van der Waals surface area contributed by atoms with E-state index in [1.165, 1.54) is 18.2 Å². The Bertz CT molecular complexity index is 1890. The molecule has 7 nitrogen and oxygen atoms in total. The maximum Gasteiger partial charge on any atom is 0.270 e. The van der Waals surface area contributed by atoms with Gasteiger partial charge in [0.05, 0.1) is 16.0 Å². The molecule has 6 aromatic rings. The van der Waals surface area contributed by atoms with Crippen LogP contribution in [-0.2, 0) is 0 Å². The molecule has 2 aromatic heterocycles. The van der Waals surface area contributed by atoms with Crippen LogP contribution < -0.4 is 5.56 Å². The van der Waals surface area contributed by atoms with Gasteiger partial charge in [0.1, 0.15) is 5.65 Å². The van der Waals surface area contributed by atoms with Crippen LogP contribution in [0.3, 0.4) is 0 Å². The summed E-state index contributed by atoms with van der Waals surface area (Å²) in [5.74, 6) is -0.262. The molecular weight excluding hydrogens is 430 g/mol. The topological polar surface area (TPSA) is 94.6 Å². The Labute approximate surface area is 191 Å². The molecule has 0 N–H and O–H groups in total. The second kappa shape index (κ2) is 7.31. The highest BCUT2D eigenvalue weighted by atomic mass is 16.6. The largest absolute Gasteiger partial charge is 0.289 e. The van der Waals surface area contributed by atoms with Gasteiger partial charge in [0.2, 0.25) is 0 Å². The molecule has 0 radical (unpaired) electrons. The number of nitro groups is 1. The van der Waals surface area contributed by atoms with E-state index in [9.17, 15) is 19.7 Å². The van der Waals surface area contributed by atoms with Crippen LogP contribution in [-0.4, -0.2) is 20.1 Å². The van der Waals surface area contributed by atoms with Crippen LogP contribution in [0.2, 0.25) is 0 Å². The van der Waals surface area contributed by atoms with Gasteiger partial charge >= 0.3 is 0 Å². The normalized spacial score (nSPS) is 11.9. The van der Waals surface area contributed by atoms with Gasteiger partial charge in [0, 0.05) is 33.9 Å². The molecule has 4 aromatic carbocycles. The zero-order valence-electron chi connectivity index (χ0n) is 17.6. The van der Waals surface area contributed by atoms with Crippen molar-refractivity contribution in [2.24, 2.45) is 0 Å². The molecule has 0 aliphatic carbocycles. The molecule has 0 bridgehead atoms. The lowest BCUT2D eigenvalue weighted by Gasteiger charge is -2.10. The van der Waals surface area contributed by atoms with Crippen LogP contribution in [0, 0.1) is 10.1 Å². The number of carbonyl (C=O) groups is 1. The number of rotatable bonds is 4. The molecule has 7 heteroatoms. The second-order valence-corrected chi connectivity index (χ2v) is 8.00. The van der Waals surface area contributed by atoms with Crippen molar-refractivity contribution in [3.63, 3.8) is 0 Å². The van der Waals surface area contributed by atoms with E-state index in [0.717, 1.165) is 16.4 Å². The Kier molecular flexibility index (Phi) is 4.25. The van der Waals surface area contributed by atoms with Crippen molar-refractivity contribution >= 4 is 55.8 Å². The Morgan fingerprint density at radius 2 is 1.71 bits per heavy atom. The van der Waals surface area contributed by atoms with Crippen LogP contribution in [0.15, 0.2) is 89.7 Å². The highest BCUT2D eigenvalue weighted by molar-refractivity contribution is 6.23. The quantitative estimate of drug-likeness (QED) is 0.157. The number of pyridine rings is 1. The zero-order valence-corrected chi connectivity index (χ0v) is 17.6. The third-order valence-electron chi connectivity index (χ3n) is 6.05. The summed E-state index contributed by atoms with van der Waals surface area (Å²) in [6.07, 6.45) is 2.94. The van der Waals surface area contributed by atoms with E-state index < -0.39 is 4.92 Å². The molecule has 0 atom stereocenters. The van der Waals surface area contributed by atoms with E-state index in [1.54, 1.807) is 34.7 Å². The summed E-state index contributed by atoms with van der Waals surface area (Å²) in [5.41, 5.74) is 2.79.